The Morgan fingerprint density at radius 3 is 2.62 bits per heavy atom. The van der Waals surface area contributed by atoms with Crippen molar-refractivity contribution >= 4 is 45.1 Å². The van der Waals surface area contributed by atoms with Gasteiger partial charge in [0.25, 0.3) is 0 Å². The summed E-state index contributed by atoms with van der Waals surface area (Å²) in [5.41, 5.74) is 0.262. The summed E-state index contributed by atoms with van der Waals surface area (Å²) in [6.07, 6.45) is 0. The van der Waals surface area contributed by atoms with E-state index in [1.54, 1.807) is 18.2 Å². The second kappa shape index (κ2) is 3.27. The van der Waals surface area contributed by atoms with Gasteiger partial charge < -0.3 is 8.83 Å². The van der Waals surface area contributed by atoms with Crippen molar-refractivity contribution in [3.63, 3.8) is 0 Å². The van der Waals surface area contributed by atoms with Crippen LogP contribution in [0, 0.1) is 0 Å². The fourth-order valence-corrected chi connectivity index (χ4v) is 2.02. The zero-order valence-electron chi connectivity index (χ0n) is 7.79. The molecule has 0 radical (unpaired) electrons. The average Bonchev–Trinajstić information content (AvgIpc) is 2.57. The number of benzene rings is 1. The maximum atomic E-state index is 11.7. The Morgan fingerprint density at radius 2 is 1.81 bits per heavy atom. The Labute approximate surface area is 99.2 Å². The largest absolute Gasteiger partial charge is 0.442 e. The Balaban J connectivity index is 2.70. The van der Waals surface area contributed by atoms with Crippen molar-refractivity contribution in [3.05, 3.63) is 44.9 Å². The minimum absolute atomic E-state index is 0.000296. The van der Waals surface area contributed by atoms with Gasteiger partial charge in [-0.2, -0.15) is 0 Å². The van der Waals surface area contributed by atoms with Crippen molar-refractivity contribution in [1.29, 1.82) is 0 Å². The molecule has 2 aromatic heterocycles. The lowest BCUT2D eigenvalue weighted by molar-refractivity contribution is 0.565. The molecule has 3 nitrogen and oxygen atoms in total. The van der Waals surface area contributed by atoms with Gasteiger partial charge in [-0.1, -0.05) is 23.7 Å². The number of para-hydroxylation sites is 1. The number of fused-ring (bicyclic) bond motifs is 3. The summed E-state index contributed by atoms with van der Waals surface area (Å²) in [5.74, 6) is 0. The lowest BCUT2D eigenvalue weighted by Gasteiger charge is -1.95. The fourth-order valence-electron chi connectivity index (χ4n) is 1.65. The molecule has 3 rings (SSSR count). The van der Waals surface area contributed by atoms with Crippen LogP contribution >= 0.6 is 23.2 Å². The summed E-state index contributed by atoms with van der Waals surface area (Å²) >= 11 is 11.6. The number of furan rings is 1. The molecular weight excluding hydrogens is 251 g/mol. The second-order valence-corrected chi connectivity index (χ2v) is 4.00. The van der Waals surface area contributed by atoms with E-state index in [-0.39, 0.29) is 15.6 Å². The first-order valence-corrected chi connectivity index (χ1v) is 5.23. The van der Waals surface area contributed by atoms with Gasteiger partial charge in [-0.25, -0.2) is 4.79 Å². The molecule has 0 aliphatic rings. The summed E-state index contributed by atoms with van der Waals surface area (Å²) < 4.78 is 10.4. The van der Waals surface area contributed by atoms with Crippen LogP contribution in [0.5, 0.6) is 0 Å². The van der Waals surface area contributed by atoms with Gasteiger partial charge in [-0.15, -0.1) is 0 Å². The standard InChI is InChI=1S/C11H4Cl2O3/c12-8-7-9(16-10(8)13)5-3-1-2-4-6(5)15-11(7)14/h1-4H. The van der Waals surface area contributed by atoms with Gasteiger partial charge in [0.1, 0.15) is 16.0 Å². The molecule has 0 spiro atoms. The molecule has 0 atom stereocenters. The number of halogens is 2. The second-order valence-electron chi connectivity index (χ2n) is 3.28. The van der Waals surface area contributed by atoms with Gasteiger partial charge in [0.15, 0.2) is 5.58 Å². The molecule has 2 heterocycles. The Morgan fingerprint density at radius 1 is 1.06 bits per heavy atom. The lowest BCUT2D eigenvalue weighted by Crippen LogP contribution is -1.97. The smallest absolute Gasteiger partial charge is 0.349 e. The first kappa shape index (κ1) is 9.75. The highest BCUT2D eigenvalue weighted by atomic mass is 35.5. The van der Waals surface area contributed by atoms with E-state index in [0.717, 1.165) is 0 Å². The topological polar surface area (TPSA) is 43.4 Å². The molecule has 80 valence electrons. The van der Waals surface area contributed by atoms with Gasteiger partial charge in [0.2, 0.25) is 5.22 Å². The summed E-state index contributed by atoms with van der Waals surface area (Å²) in [4.78, 5) is 11.7. The molecule has 1 aromatic carbocycles. The zero-order valence-corrected chi connectivity index (χ0v) is 9.30. The van der Waals surface area contributed by atoms with E-state index in [4.69, 9.17) is 32.0 Å². The maximum Gasteiger partial charge on any atom is 0.349 e. The minimum atomic E-state index is -0.547. The zero-order chi connectivity index (χ0) is 11.3. The Bertz CT molecular complexity index is 755. The molecule has 0 N–H and O–H groups in total. The lowest BCUT2D eigenvalue weighted by atomic mass is 10.2. The van der Waals surface area contributed by atoms with Crippen molar-refractivity contribution in [3.8, 4) is 0 Å². The van der Waals surface area contributed by atoms with Gasteiger partial charge in [0, 0.05) is 0 Å². The molecule has 3 aromatic rings. The van der Waals surface area contributed by atoms with Crippen molar-refractivity contribution in [2.24, 2.45) is 0 Å². The summed E-state index contributed by atoms with van der Waals surface area (Å²) in [6.45, 7) is 0. The minimum Gasteiger partial charge on any atom is -0.442 e. The normalized spacial score (nSPS) is 11.4. The highest BCUT2D eigenvalue weighted by Crippen LogP contribution is 2.35. The van der Waals surface area contributed by atoms with Crippen molar-refractivity contribution in [1.82, 2.24) is 0 Å². The molecular formula is C11H4Cl2O3. The van der Waals surface area contributed by atoms with Crippen LogP contribution < -0.4 is 5.63 Å². The first-order valence-electron chi connectivity index (χ1n) is 4.48. The van der Waals surface area contributed by atoms with Crippen LogP contribution in [0.15, 0.2) is 37.9 Å². The van der Waals surface area contributed by atoms with E-state index < -0.39 is 5.63 Å². The molecule has 0 aliphatic heterocycles. The monoisotopic (exact) mass is 254 g/mol. The molecule has 0 aliphatic carbocycles. The van der Waals surface area contributed by atoms with E-state index >= 15 is 0 Å². The van der Waals surface area contributed by atoms with Crippen molar-refractivity contribution in [2.75, 3.05) is 0 Å². The van der Waals surface area contributed by atoms with Crippen LogP contribution in [0.25, 0.3) is 21.9 Å². The van der Waals surface area contributed by atoms with Crippen LogP contribution in [0.3, 0.4) is 0 Å². The first-order chi connectivity index (χ1) is 7.68. The third-order valence-electron chi connectivity index (χ3n) is 2.35. The molecule has 0 saturated carbocycles. The predicted octanol–water partition coefficient (Wildman–Crippen LogP) is 3.85. The quantitative estimate of drug-likeness (QED) is 0.573. The number of hydrogen-bond donors (Lipinski definition) is 0. The highest BCUT2D eigenvalue weighted by Gasteiger charge is 2.18. The highest BCUT2D eigenvalue weighted by molar-refractivity contribution is 6.44. The van der Waals surface area contributed by atoms with Crippen molar-refractivity contribution in [2.45, 2.75) is 0 Å². The molecule has 16 heavy (non-hydrogen) atoms. The van der Waals surface area contributed by atoms with Crippen LogP contribution in [0.4, 0.5) is 0 Å². The average molecular weight is 255 g/mol. The van der Waals surface area contributed by atoms with E-state index in [9.17, 15) is 4.79 Å². The Kier molecular flexibility index (Phi) is 1.99. The van der Waals surface area contributed by atoms with Crippen LogP contribution in [-0.4, -0.2) is 0 Å². The summed E-state index contributed by atoms with van der Waals surface area (Å²) in [6, 6.07) is 7.03. The predicted molar refractivity (Wildman–Crippen MR) is 62.3 cm³/mol. The van der Waals surface area contributed by atoms with Crippen LogP contribution in [0.1, 0.15) is 0 Å². The summed E-state index contributed by atoms with van der Waals surface area (Å²) in [5, 5.41) is 0.952. The molecule has 0 bridgehead atoms. The number of rotatable bonds is 0. The van der Waals surface area contributed by atoms with Crippen molar-refractivity contribution < 1.29 is 8.83 Å². The van der Waals surface area contributed by atoms with Gasteiger partial charge in [-0.05, 0) is 23.7 Å². The molecule has 0 amide bonds. The van der Waals surface area contributed by atoms with E-state index in [1.807, 2.05) is 6.07 Å². The van der Waals surface area contributed by atoms with Crippen LogP contribution in [-0.2, 0) is 0 Å². The molecule has 0 fully saturated rings. The SMILES string of the molecule is O=c1oc2ccccc2c2oc(Cl)c(Cl)c12. The Hall–Kier alpha value is -1.45. The van der Waals surface area contributed by atoms with Gasteiger partial charge in [-0.3, -0.25) is 0 Å². The number of hydrogen-bond acceptors (Lipinski definition) is 3. The third kappa shape index (κ3) is 1.19. The molecule has 0 unspecified atom stereocenters. The maximum absolute atomic E-state index is 11.7. The molecule has 0 saturated heterocycles. The van der Waals surface area contributed by atoms with Crippen LogP contribution in [0.2, 0.25) is 10.2 Å². The summed E-state index contributed by atoms with van der Waals surface area (Å²) in [7, 11) is 0. The van der Waals surface area contributed by atoms with E-state index in [0.29, 0.717) is 16.6 Å². The van der Waals surface area contributed by atoms with Gasteiger partial charge >= 0.3 is 5.63 Å². The van der Waals surface area contributed by atoms with E-state index in [2.05, 4.69) is 0 Å². The van der Waals surface area contributed by atoms with Gasteiger partial charge in [0.05, 0.1) is 5.39 Å². The van der Waals surface area contributed by atoms with E-state index in [1.165, 1.54) is 0 Å². The third-order valence-corrected chi connectivity index (χ3v) is 3.07. The molecule has 5 heteroatoms. The fraction of sp³-hybridized carbons (Fsp3) is 0.